The summed E-state index contributed by atoms with van der Waals surface area (Å²) in [5.74, 6) is 0.582. The van der Waals surface area contributed by atoms with E-state index in [4.69, 9.17) is 16.3 Å². The number of carbonyl (C=O) groups excluding carboxylic acids is 1. The van der Waals surface area contributed by atoms with Crippen molar-refractivity contribution < 1.29 is 19.5 Å². The van der Waals surface area contributed by atoms with E-state index in [0.29, 0.717) is 28.6 Å². The van der Waals surface area contributed by atoms with Gasteiger partial charge in [-0.05, 0) is 29.2 Å². The van der Waals surface area contributed by atoms with Crippen LogP contribution in [-0.2, 0) is 20.9 Å². The summed E-state index contributed by atoms with van der Waals surface area (Å²) in [5, 5.41) is 11.8. The molecule has 0 radical (unpaired) electrons. The largest absolute Gasteiger partial charge is 0.463 e. The molecular formula is C19H19ClN2O5S2. The fraction of sp³-hybridized carbons (Fsp3) is 0.316. The van der Waals surface area contributed by atoms with E-state index in [1.807, 2.05) is 40.8 Å². The molecule has 0 saturated heterocycles. The van der Waals surface area contributed by atoms with E-state index in [1.165, 1.54) is 16.6 Å². The topological polar surface area (TPSA) is 81.9 Å². The fourth-order valence-electron chi connectivity index (χ4n) is 2.91. The van der Waals surface area contributed by atoms with Crippen LogP contribution in [0.3, 0.4) is 0 Å². The predicted octanol–water partition coefficient (Wildman–Crippen LogP) is 4.41. The summed E-state index contributed by atoms with van der Waals surface area (Å²) in [6, 6.07) is 8.64. The van der Waals surface area contributed by atoms with Gasteiger partial charge in [-0.25, -0.2) is 4.79 Å². The second-order valence-corrected chi connectivity index (χ2v) is 8.64. The molecule has 1 aromatic carbocycles. The lowest BCUT2D eigenvalue weighted by molar-refractivity contribution is -0.756. The molecule has 0 amide bonds. The van der Waals surface area contributed by atoms with E-state index < -0.39 is 11.1 Å². The first-order valence-electron chi connectivity index (χ1n) is 8.82. The second-order valence-electron chi connectivity index (χ2n) is 6.06. The summed E-state index contributed by atoms with van der Waals surface area (Å²) < 4.78 is 5.50. The highest BCUT2D eigenvalue weighted by Crippen LogP contribution is 2.34. The molecule has 1 aliphatic heterocycles. The zero-order valence-electron chi connectivity index (χ0n) is 15.4. The quantitative estimate of drug-likeness (QED) is 0.227. The average molecular weight is 455 g/mol. The Morgan fingerprint density at radius 2 is 2.10 bits per heavy atom. The van der Waals surface area contributed by atoms with Gasteiger partial charge in [0.25, 0.3) is 5.09 Å². The molecule has 0 fully saturated rings. The maximum atomic E-state index is 12.9. The minimum Gasteiger partial charge on any atom is -0.463 e. The fourth-order valence-corrected chi connectivity index (χ4v) is 4.54. The van der Waals surface area contributed by atoms with Crippen molar-refractivity contribution in [3.05, 3.63) is 73.1 Å². The van der Waals surface area contributed by atoms with Crippen LogP contribution in [0.15, 0.2) is 41.9 Å². The number of hydrogen-bond donors (Lipinski definition) is 0. The summed E-state index contributed by atoms with van der Waals surface area (Å²) in [5.41, 5.74) is 1.85. The zero-order valence-corrected chi connectivity index (χ0v) is 17.8. The van der Waals surface area contributed by atoms with Gasteiger partial charge in [-0.1, -0.05) is 29.8 Å². The van der Waals surface area contributed by atoms with Crippen LogP contribution >= 0.6 is 34.7 Å². The molecule has 0 saturated carbocycles. The van der Waals surface area contributed by atoms with Crippen LogP contribution in [0.25, 0.3) is 6.08 Å². The number of ether oxygens (including phenoxy) is 1. The van der Waals surface area contributed by atoms with Crippen LogP contribution in [0.1, 0.15) is 22.0 Å². The molecule has 3 rings (SSSR count). The first-order chi connectivity index (χ1) is 14.1. The Kier molecular flexibility index (Phi) is 7.79. The molecule has 1 atom stereocenters. The Morgan fingerprint density at radius 3 is 2.90 bits per heavy atom. The van der Waals surface area contributed by atoms with Gasteiger partial charge in [-0.15, -0.1) is 21.5 Å². The van der Waals surface area contributed by atoms with Gasteiger partial charge in [0.05, 0.1) is 0 Å². The molecule has 1 aromatic heterocycles. The Balaban J connectivity index is 1.62. The highest BCUT2D eigenvalue weighted by Gasteiger charge is 2.31. The van der Waals surface area contributed by atoms with E-state index in [0.717, 1.165) is 5.56 Å². The molecule has 0 spiro atoms. The lowest BCUT2D eigenvalue weighted by atomic mass is 10.0. The van der Waals surface area contributed by atoms with E-state index >= 15 is 0 Å². The van der Waals surface area contributed by atoms with Crippen LogP contribution in [0.2, 0.25) is 5.02 Å². The maximum Gasteiger partial charge on any atom is 0.333 e. The van der Waals surface area contributed by atoms with Crippen LogP contribution < -0.4 is 0 Å². The van der Waals surface area contributed by atoms with Crippen LogP contribution in [0.4, 0.5) is 0 Å². The maximum absolute atomic E-state index is 12.9. The first kappa shape index (κ1) is 21.5. The Bertz CT molecular complexity index is 889. The van der Waals surface area contributed by atoms with Crippen molar-refractivity contribution >= 4 is 46.7 Å². The molecule has 2 aromatic rings. The first-order valence-corrected chi connectivity index (χ1v) is 11.2. The third-order valence-electron chi connectivity index (χ3n) is 4.20. The van der Waals surface area contributed by atoms with E-state index in [2.05, 4.69) is 10.9 Å². The van der Waals surface area contributed by atoms with Crippen LogP contribution in [0, 0.1) is 10.1 Å². The average Bonchev–Trinajstić information content (AvgIpc) is 3.16. The van der Waals surface area contributed by atoms with Gasteiger partial charge in [0.2, 0.25) is 0 Å². The van der Waals surface area contributed by atoms with Gasteiger partial charge in [0.1, 0.15) is 13.2 Å². The summed E-state index contributed by atoms with van der Waals surface area (Å²) in [6.07, 6.45) is 3.89. The van der Waals surface area contributed by atoms with Crippen molar-refractivity contribution in [2.75, 3.05) is 24.7 Å². The SMILES string of the molecule is O=C(OCCSCCO[N+](=O)[O-])[C@H](c1ccccc1Cl)N1C=Cc2sccc2C1. The van der Waals surface area contributed by atoms with Gasteiger partial charge < -0.3 is 14.5 Å². The molecule has 0 aliphatic carbocycles. The lowest BCUT2D eigenvalue weighted by Gasteiger charge is -2.31. The predicted molar refractivity (Wildman–Crippen MR) is 114 cm³/mol. The molecule has 7 nitrogen and oxygen atoms in total. The molecular weight excluding hydrogens is 436 g/mol. The van der Waals surface area contributed by atoms with Gasteiger partial charge >= 0.3 is 5.97 Å². The van der Waals surface area contributed by atoms with E-state index in [-0.39, 0.29) is 19.2 Å². The number of rotatable bonds is 10. The van der Waals surface area contributed by atoms with E-state index in [9.17, 15) is 14.9 Å². The number of esters is 1. The molecule has 0 bridgehead atoms. The standard InChI is InChI=1S/C19H19ClN2O5S2/c20-16-4-2-1-3-15(16)18(21-7-5-17-14(13-21)6-10-29-17)19(23)26-8-11-28-12-9-27-22(24)25/h1-7,10,18H,8-9,11-13H2/t18-/m0/s1. The van der Waals surface area contributed by atoms with Crippen molar-refractivity contribution in [2.45, 2.75) is 12.6 Å². The molecule has 0 N–H and O–H groups in total. The number of nitrogens with zero attached hydrogens (tertiary/aromatic N) is 2. The molecule has 0 unspecified atom stereocenters. The number of thioether (sulfide) groups is 1. The summed E-state index contributed by atoms with van der Waals surface area (Å²) in [7, 11) is 0. The minimum atomic E-state index is -0.820. The van der Waals surface area contributed by atoms with Crippen molar-refractivity contribution in [1.29, 1.82) is 0 Å². The van der Waals surface area contributed by atoms with Crippen molar-refractivity contribution in [2.24, 2.45) is 0 Å². The Labute approximate surface area is 181 Å². The summed E-state index contributed by atoms with van der Waals surface area (Å²) in [6.45, 7) is 0.798. The van der Waals surface area contributed by atoms with Crippen molar-refractivity contribution in [1.82, 2.24) is 4.90 Å². The normalized spacial score (nSPS) is 13.6. The molecule has 154 valence electrons. The molecule has 2 heterocycles. The third kappa shape index (κ3) is 5.88. The molecule has 29 heavy (non-hydrogen) atoms. The second kappa shape index (κ2) is 10.5. The monoisotopic (exact) mass is 454 g/mol. The Hall–Kier alpha value is -2.23. The van der Waals surface area contributed by atoms with Crippen LogP contribution in [-0.4, -0.2) is 40.7 Å². The highest BCUT2D eigenvalue weighted by atomic mass is 35.5. The number of hydrogen-bond acceptors (Lipinski definition) is 8. The number of benzene rings is 1. The zero-order chi connectivity index (χ0) is 20.6. The Morgan fingerprint density at radius 1 is 1.31 bits per heavy atom. The molecule has 1 aliphatic rings. The highest BCUT2D eigenvalue weighted by molar-refractivity contribution is 7.99. The molecule has 10 heteroatoms. The number of thiophene rings is 1. The number of carbonyl (C=O) groups is 1. The summed E-state index contributed by atoms with van der Waals surface area (Å²) >= 11 is 9.45. The minimum absolute atomic E-state index is 0.00933. The van der Waals surface area contributed by atoms with Gasteiger partial charge in [0, 0.05) is 39.7 Å². The smallest absolute Gasteiger partial charge is 0.333 e. The number of fused-ring (bicyclic) bond motifs is 1. The van der Waals surface area contributed by atoms with Gasteiger partial charge in [0.15, 0.2) is 6.04 Å². The van der Waals surface area contributed by atoms with E-state index in [1.54, 1.807) is 17.4 Å². The van der Waals surface area contributed by atoms with Gasteiger partial charge in [-0.2, -0.15) is 11.8 Å². The van der Waals surface area contributed by atoms with Crippen LogP contribution in [0.5, 0.6) is 0 Å². The van der Waals surface area contributed by atoms with Gasteiger partial charge in [-0.3, -0.25) is 0 Å². The third-order valence-corrected chi connectivity index (χ3v) is 6.38. The lowest BCUT2D eigenvalue weighted by Crippen LogP contribution is -2.33. The van der Waals surface area contributed by atoms with Crippen molar-refractivity contribution in [3.8, 4) is 0 Å². The number of halogens is 1. The van der Waals surface area contributed by atoms with Crippen molar-refractivity contribution in [3.63, 3.8) is 0 Å². The summed E-state index contributed by atoms with van der Waals surface area (Å²) in [4.78, 5) is 30.4.